The standard InChI is InChI=1S/C15H21N3O2/c1-10-6-11-12(7-15(2,3)8-13(11)19)18(10)5-4-14-16-9-17-20-14/h6,9,13,19H,4-5,7-8H2,1-3H3. The van der Waals surface area contributed by atoms with Crippen molar-refractivity contribution in [1.82, 2.24) is 14.7 Å². The van der Waals surface area contributed by atoms with Crippen LogP contribution in [0.1, 0.15) is 49.2 Å². The number of aliphatic hydroxyl groups excluding tert-OH is 1. The van der Waals surface area contributed by atoms with Crippen molar-refractivity contribution in [3.8, 4) is 0 Å². The van der Waals surface area contributed by atoms with Crippen molar-refractivity contribution in [2.75, 3.05) is 0 Å². The molecule has 0 amide bonds. The van der Waals surface area contributed by atoms with Crippen LogP contribution in [0.15, 0.2) is 16.9 Å². The third-order valence-corrected chi connectivity index (χ3v) is 4.16. The Balaban J connectivity index is 1.88. The molecule has 0 saturated heterocycles. The minimum Gasteiger partial charge on any atom is -0.388 e. The van der Waals surface area contributed by atoms with Gasteiger partial charge in [-0.25, -0.2) is 0 Å². The summed E-state index contributed by atoms with van der Waals surface area (Å²) in [6, 6.07) is 2.11. The second-order valence-electron chi connectivity index (χ2n) is 6.49. The molecule has 0 aliphatic heterocycles. The average Bonchev–Trinajstić information content (AvgIpc) is 2.94. The highest BCUT2D eigenvalue weighted by molar-refractivity contribution is 5.33. The maximum atomic E-state index is 10.3. The SMILES string of the molecule is Cc1cc2c(n1CCc1ncno1)CC(C)(C)CC2O. The van der Waals surface area contributed by atoms with Gasteiger partial charge < -0.3 is 14.2 Å². The van der Waals surface area contributed by atoms with Gasteiger partial charge in [0.25, 0.3) is 0 Å². The number of hydrogen-bond donors (Lipinski definition) is 1. The number of hydrogen-bond acceptors (Lipinski definition) is 4. The number of aliphatic hydroxyl groups is 1. The smallest absolute Gasteiger partial charge is 0.228 e. The van der Waals surface area contributed by atoms with Crippen LogP contribution in [-0.4, -0.2) is 19.8 Å². The summed E-state index contributed by atoms with van der Waals surface area (Å²) in [7, 11) is 0. The first kappa shape index (κ1) is 13.4. The Hall–Kier alpha value is -1.62. The molecule has 0 saturated carbocycles. The molecule has 3 rings (SSSR count). The molecule has 2 aromatic heterocycles. The number of fused-ring (bicyclic) bond motifs is 1. The van der Waals surface area contributed by atoms with Crippen LogP contribution in [-0.2, 0) is 19.4 Å². The van der Waals surface area contributed by atoms with Crippen LogP contribution in [0.2, 0.25) is 0 Å². The molecule has 0 bridgehead atoms. The zero-order chi connectivity index (χ0) is 14.3. The minimum absolute atomic E-state index is 0.138. The lowest BCUT2D eigenvalue weighted by atomic mass is 9.75. The molecule has 2 aromatic rings. The average molecular weight is 275 g/mol. The van der Waals surface area contributed by atoms with E-state index in [-0.39, 0.29) is 11.5 Å². The fourth-order valence-electron chi connectivity index (χ4n) is 3.22. The quantitative estimate of drug-likeness (QED) is 0.934. The van der Waals surface area contributed by atoms with Crippen molar-refractivity contribution in [3.63, 3.8) is 0 Å². The molecule has 0 fully saturated rings. The van der Waals surface area contributed by atoms with Gasteiger partial charge in [-0.05, 0) is 31.2 Å². The highest BCUT2D eigenvalue weighted by atomic mass is 16.5. The minimum atomic E-state index is -0.350. The van der Waals surface area contributed by atoms with E-state index in [1.165, 1.54) is 17.7 Å². The van der Waals surface area contributed by atoms with Crippen LogP contribution >= 0.6 is 0 Å². The molecule has 5 nitrogen and oxygen atoms in total. The van der Waals surface area contributed by atoms with E-state index in [4.69, 9.17) is 4.52 Å². The third-order valence-electron chi connectivity index (χ3n) is 4.16. The lowest BCUT2D eigenvalue weighted by molar-refractivity contribution is 0.0979. The zero-order valence-electron chi connectivity index (χ0n) is 12.3. The first-order chi connectivity index (χ1) is 9.46. The molecule has 1 aliphatic carbocycles. The normalized spacial score (nSPS) is 20.9. The highest BCUT2D eigenvalue weighted by Crippen LogP contribution is 2.41. The predicted molar refractivity (Wildman–Crippen MR) is 74.2 cm³/mol. The fourth-order valence-corrected chi connectivity index (χ4v) is 3.22. The Labute approximate surface area is 118 Å². The Morgan fingerprint density at radius 1 is 1.50 bits per heavy atom. The van der Waals surface area contributed by atoms with E-state index in [2.05, 4.69) is 41.5 Å². The van der Waals surface area contributed by atoms with Gasteiger partial charge >= 0.3 is 0 Å². The van der Waals surface area contributed by atoms with Gasteiger partial charge in [0.15, 0.2) is 6.33 Å². The maximum Gasteiger partial charge on any atom is 0.228 e. The number of aromatic nitrogens is 3. The molecule has 0 radical (unpaired) electrons. The van der Waals surface area contributed by atoms with Crippen LogP contribution in [0.5, 0.6) is 0 Å². The summed E-state index contributed by atoms with van der Waals surface area (Å²) < 4.78 is 7.34. The van der Waals surface area contributed by atoms with Crippen molar-refractivity contribution in [1.29, 1.82) is 0 Å². The van der Waals surface area contributed by atoms with Gasteiger partial charge in [0.1, 0.15) is 0 Å². The van der Waals surface area contributed by atoms with Gasteiger partial charge in [-0.1, -0.05) is 19.0 Å². The molecule has 1 atom stereocenters. The second-order valence-corrected chi connectivity index (χ2v) is 6.49. The molecule has 108 valence electrons. The molecule has 2 heterocycles. The van der Waals surface area contributed by atoms with E-state index < -0.39 is 0 Å². The summed E-state index contributed by atoms with van der Waals surface area (Å²) in [4.78, 5) is 4.06. The molecule has 1 aliphatic rings. The van der Waals surface area contributed by atoms with Gasteiger partial charge in [0.05, 0.1) is 6.10 Å². The molecule has 1 unspecified atom stereocenters. The van der Waals surface area contributed by atoms with Gasteiger partial charge in [-0.3, -0.25) is 0 Å². The lowest BCUT2D eigenvalue weighted by Crippen LogP contribution is -2.27. The van der Waals surface area contributed by atoms with E-state index in [9.17, 15) is 5.11 Å². The topological polar surface area (TPSA) is 64.1 Å². The van der Waals surface area contributed by atoms with Crippen LogP contribution in [0, 0.1) is 12.3 Å². The summed E-state index contributed by atoms with van der Waals surface area (Å²) in [6.45, 7) is 7.33. The van der Waals surface area contributed by atoms with Crippen molar-refractivity contribution < 1.29 is 9.63 Å². The van der Waals surface area contributed by atoms with E-state index in [1.807, 2.05) is 0 Å². The molecular weight excluding hydrogens is 254 g/mol. The Bertz CT molecular complexity index is 599. The molecule has 0 aromatic carbocycles. The summed E-state index contributed by atoms with van der Waals surface area (Å²) in [6.07, 6.45) is 3.63. The van der Waals surface area contributed by atoms with E-state index >= 15 is 0 Å². The van der Waals surface area contributed by atoms with Crippen LogP contribution in [0.4, 0.5) is 0 Å². The molecule has 1 N–H and O–H groups in total. The Morgan fingerprint density at radius 3 is 3.00 bits per heavy atom. The first-order valence-corrected chi connectivity index (χ1v) is 7.09. The molecule has 20 heavy (non-hydrogen) atoms. The van der Waals surface area contributed by atoms with E-state index in [0.717, 1.165) is 31.4 Å². The second kappa shape index (κ2) is 4.74. The van der Waals surface area contributed by atoms with E-state index in [1.54, 1.807) is 0 Å². The maximum absolute atomic E-state index is 10.3. The van der Waals surface area contributed by atoms with Gasteiger partial charge in [-0.15, -0.1) is 0 Å². The van der Waals surface area contributed by atoms with Crippen molar-refractivity contribution in [2.45, 2.75) is 52.7 Å². The van der Waals surface area contributed by atoms with Crippen LogP contribution in [0.3, 0.4) is 0 Å². The van der Waals surface area contributed by atoms with Crippen molar-refractivity contribution in [2.24, 2.45) is 5.41 Å². The fraction of sp³-hybridized carbons (Fsp3) is 0.600. The largest absolute Gasteiger partial charge is 0.388 e. The monoisotopic (exact) mass is 275 g/mol. The Morgan fingerprint density at radius 2 is 2.30 bits per heavy atom. The third kappa shape index (κ3) is 2.38. The van der Waals surface area contributed by atoms with Gasteiger partial charge in [0.2, 0.25) is 5.89 Å². The highest BCUT2D eigenvalue weighted by Gasteiger charge is 2.33. The summed E-state index contributed by atoms with van der Waals surface area (Å²) >= 11 is 0. The van der Waals surface area contributed by atoms with Crippen LogP contribution < -0.4 is 0 Å². The summed E-state index contributed by atoms with van der Waals surface area (Å²) in [5, 5.41) is 14.0. The number of rotatable bonds is 3. The predicted octanol–water partition coefficient (Wildman–Crippen LogP) is 2.43. The zero-order valence-corrected chi connectivity index (χ0v) is 12.3. The van der Waals surface area contributed by atoms with Crippen LogP contribution in [0.25, 0.3) is 0 Å². The van der Waals surface area contributed by atoms with Crippen molar-refractivity contribution in [3.05, 3.63) is 35.2 Å². The van der Waals surface area contributed by atoms with E-state index in [0.29, 0.717) is 5.89 Å². The summed E-state index contributed by atoms with van der Waals surface area (Å²) in [5.41, 5.74) is 3.67. The summed E-state index contributed by atoms with van der Waals surface area (Å²) in [5.74, 6) is 0.655. The van der Waals surface area contributed by atoms with Gasteiger partial charge in [-0.2, -0.15) is 4.98 Å². The Kier molecular flexibility index (Phi) is 3.17. The molecular formula is C15H21N3O2. The molecule has 5 heteroatoms. The molecule has 0 spiro atoms. The van der Waals surface area contributed by atoms with Crippen molar-refractivity contribution >= 4 is 0 Å². The van der Waals surface area contributed by atoms with Gasteiger partial charge in [0, 0.05) is 29.9 Å². The number of nitrogens with zero attached hydrogens (tertiary/aromatic N) is 3. The first-order valence-electron chi connectivity index (χ1n) is 7.09. The lowest BCUT2D eigenvalue weighted by Gasteiger charge is -2.34. The number of aryl methyl sites for hydroxylation is 2.